The molecule has 4 nitrogen and oxygen atoms in total. The first kappa shape index (κ1) is 24.6. The molecule has 12 heteroatoms. The summed E-state index contributed by atoms with van der Waals surface area (Å²) in [6.45, 7) is 0. The average molecular weight is 413 g/mol. The maximum Gasteiger partial charge on any atom is 0.431 e. The van der Waals surface area contributed by atoms with Crippen molar-refractivity contribution in [1.82, 2.24) is 4.98 Å². The summed E-state index contributed by atoms with van der Waals surface area (Å²) < 4.78 is 115. The van der Waals surface area contributed by atoms with Crippen LogP contribution in [-0.2, 0) is 10.1 Å². The number of unbranched alkanes of at least 4 members (excludes halogenated alkanes) is 3. The Balaban J connectivity index is 0.000000867. The molecule has 26 heavy (non-hydrogen) atoms. The molecule has 0 unspecified atom stereocenters. The van der Waals surface area contributed by atoms with Crippen molar-refractivity contribution < 1.29 is 43.7 Å². The Hall–Kier alpha value is -1.43. The fourth-order valence-corrected chi connectivity index (χ4v) is 2.15. The number of hydrogen-bond donors (Lipinski definition) is 1. The van der Waals surface area contributed by atoms with Crippen molar-refractivity contribution in [3.05, 3.63) is 30.6 Å². The molecule has 0 aliphatic rings. The van der Waals surface area contributed by atoms with Gasteiger partial charge in [0.05, 0.1) is 0 Å². The molecular formula is C14H18F7NO3S. The van der Waals surface area contributed by atoms with E-state index in [-0.39, 0.29) is 19.3 Å². The van der Waals surface area contributed by atoms with E-state index in [4.69, 9.17) is 4.55 Å². The van der Waals surface area contributed by atoms with Crippen molar-refractivity contribution in [2.45, 2.75) is 55.9 Å². The summed E-state index contributed by atoms with van der Waals surface area (Å²) in [5.41, 5.74) is 0. The molecule has 0 amide bonds. The van der Waals surface area contributed by atoms with E-state index in [9.17, 15) is 39.2 Å². The zero-order valence-electron chi connectivity index (χ0n) is 13.4. The van der Waals surface area contributed by atoms with Gasteiger partial charge in [-0.3, -0.25) is 9.54 Å². The summed E-state index contributed by atoms with van der Waals surface area (Å²) in [5.74, 6) is -4.98. The molecule has 1 heterocycles. The highest BCUT2D eigenvalue weighted by molar-refractivity contribution is 7.87. The number of pyridine rings is 1. The molecule has 1 aromatic rings. The maximum absolute atomic E-state index is 12.9. The molecule has 0 aromatic carbocycles. The minimum atomic E-state index is -6.26. The molecule has 1 aromatic heterocycles. The van der Waals surface area contributed by atoms with Crippen LogP contribution >= 0.6 is 0 Å². The monoisotopic (exact) mass is 413 g/mol. The number of hydrogen-bond acceptors (Lipinski definition) is 3. The van der Waals surface area contributed by atoms with Gasteiger partial charge in [0, 0.05) is 25.2 Å². The molecule has 0 saturated heterocycles. The molecule has 0 radical (unpaired) electrons. The van der Waals surface area contributed by atoms with Crippen LogP contribution in [0.5, 0.6) is 0 Å². The summed E-state index contributed by atoms with van der Waals surface area (Å²) >= 11 is 0. The minimum Gasteiger partial charge on any atom is -0.281 e. The lowest BCUT2D eigenvalue weighted by Gasteiger charge is -2.23. The van der Waals surface area contributed by atoms with E-state index in [1.54, 1.807) is 12.4 Å². The van der Waals surface area contributed by atoms with Gasteiger partial charge in [-0.05, 0) is 25.0 Å². The minimum absolute atomic E-state index is 0.104. The largest absolute Gasteiger partial charge is 0.431 e. The first-order chi connectivity index (χ1) is 11.7. The van der Waals surface area contributed by atoms with Gasteiger partial charge >= 0.3 is 27.5 Å². The van der Waals surface area contributed by atoms with E-state index in [1.165, 1.54) is 0 Å². The molecule has 1 N–H and O–H groups in total. The van der Waals surface area contributed by atoms with Crippen LogP contribution in [0.2, 0.25) is 0 Å². The second-order valence-electron chi connectivity index (χ2n) is 5.25. The molecule has 0 saturated carbocycles. The Labute approximate surface area is 146 Å². The fraction of sp³-hybridized carbons (Fsp3) is 0.643. The van der Waals surface area contributed by atoms with Gasteiger partial charge in [-0.1, -0.05) is 18.9 Å². The zero-order chi connectivity index (χ0) is 20.5. The number of rotatable bonds is 8. The summed E-state index contributed by atoms with van der Waals surface area (Å²) in [6.07, 6.45) is -4.74. The van der Waals surface area contributed by atoms with Crippen molar-refractivity contribution in [3.8, 4) is 0 Å². The van der Waals surface area contributed by atoms with Crippen molar-refractivity contribution >= 4 is 10.1 Å². The Kier molecular flexibility index (Phi) is 9.49. The van der Waals surface area contributed by atoms with Crippen LogP contribution in [0.3, 0.4) is 0 Å². The van der Waals surface area contributed by atoms with Crippen LogP contribution in [-0.4, -0.2) is 35.3 Å². The van der Waals surface area contributed by atoms with Crippen LogP contribution in [0, 0.1) is 0 Å². The van der Waals surface area contributed by atoms with Gasteiger partial charge in [-0.15, -0.1) is 0 Å². The first-order valence-corrected chi connectivity index (χ1v) is 8.79. The number of halogens is 7. The van der Waals surface area contributed by atoms with E-state index in [0.717, 1.165) is 0 Å². The Bertz CT molecular complexity index is 580. The molecule has 1 rings (SSSR count). The summed E-state index contributed by atoms with van der Waals surface area (Å²) in [6, 6.07) is 5.72. The summed E-state index contributed by atoms with van der Waals surface area (Å²) in [5, 5.41) is -5.62. The van der Waals surface area contributed by atoms with Gasteiger partial charge in [0.2, 0.25) is 0 Å². The first-order valence-electron chi connectivity index (χ1n) is 7.35. The molecule has 0 aliphatic heterocycles. The lowest BCUT2D eigenvalue weighted by Crippen LogP contribution is -2.46. The smallest absolute Gasteiger partial charge is 0.281 e. The third-order valence-corrected chi connectivity index (χ3v) is 3.96. The fourth-order valence-electron chi connectivity index (χ4n) is 1.67. The van der Waals surface area contributed by atoms with Gasteiger partial charge in [0.15, 0.2) is 0 Å². The molecule has 0 bridgehead atoms. The van der Waals surface area contributed by atoms with Crippen molar-refractivity contribution in [1.29, 1.82) is 0 Å². The predicted octanol–water partition coefficient (Wildman–Crippen LogP) is 5.09. The van der Waals surface area contributed by atoms with E-state index >= 15 is 0 Å². The molecule has 0 fully saturated rings. The van der Waals surface area contributed by atoms with Gasteiger partial charge in [-0.2, -0.15) is 39.2 Å². The highest BCUT2D eigenvalue weighted by Crippen LogP contribution is 2.41. The van der Waals surface area contributed by atoms with Gasteiger partial charge in [-0.25, -0.2) is 0 Å². The molecule has 152 valence electrons. The van der Waals surface area contributed by atoms with E-state index < -0.39 is 46.7 Å². The second kappa shape index (κ2) is 10.0. The van der Waals surface area contributed by atoms with E-state index in [0.29, 0.717) is 0 Å². The molecular weight excluding hydrogens is 395 g/mol. The SMILES string of the molecule is O=S(=O)(O)C(F)(F)C(F)(F)CCCCCCC(F)(F)F.c1ccncc1. The molecule has 0 atom stereocenters. The normalized spacial score (nSPS) is 13.1. The number of aromatic nitrogens is 1. The Morgan fingerprint density at radius 1 is 0.769 bits per heavy atom. The lowest BCUT2D eigenvalue weighted by molar-refractivity contribution is -0.164. The van der Waals surface area contributed by atoms with Crippen LogP contribution < -0.4 is 0 Å². The van der Waals surface area contributed by atoms with Crippen molar-refractivity contribution in [2.75, 3.05) is 0 Å². The number of alkyl halides is 7. The second-order valence-corrected chi connectivity index (χ2v) is 6.71. The summed E-state index contributed by atoms with van der Waals surface area (Å²) in [7, 11) is -6.26. The van der Waals surface area contributed by atoms with Crippen molar-refractivity contribution in [2.24, 2.45) is 0 Å². The van der Waals surface area contributed by atoms with Crippen LogP contribution in [0.25, 0.3) is 0 Å². The quantitative estimate of drug-likeness (QED) is 0.366. The lowest BCUT2D eigenvalue weighted by atomic mass is 10.1. The van der Waals surface area contributed by atoms with Crippen LogP contribution in [0.1, 0.15) is 38.5 Å². The Morgan fingerprint density at radius 2 is 1.23 bits per heavy atom. The van der Waals surface area contributed by atoms with Gasteiger partial charge in [0.25, 0.3) is 0 Å². The van der Waals surface area contributed by atoms with E-state index in [1.807, 2.05) is 18.2 Å². The van der Waals surface area contributed by atoms with E-state index in [2.05, 4.69) is 4.98 Å². The maximum atomic E-state index is 12.9. The predicted molar refractivity (Wildman–Crippen MR) is 79.4 cm³/mol. The molecule has 0 aliphatic carbocycles. The van der Waals surface area contributed by atoms with Gasteiger partial charge in [0.1, 0.15) is 0 Å². The topological polar surface area (TPSA) is 67.3 Å². The summed E-state index contributed by atoms with van der Waals surface area (Å²) in [4.78, 5) is 3.78. The van der Waals surface area contributed by atoms with Gasteiger partial charge < -0.3 is 0 Å². The third kappa shape index (κ3) is 9.32. The van der Waals surface area contributed by atoms with Crippen molar-refractivity contribution in [3.63, 3.8) is 0 Å². The average Bonchev–Trinajstić information content (AvgIpc) is 2.51. The zero-order valence-corrected chi connectivity index (χ0v) is 14.2. The molecule has 0 spiro atoms. The highest BCUT2D eigenvalue weighted by Gasteiger charge is 2.64. The third-order valence-electron chi connectivity index (χ3n) is 3.02. The van der Waals surface area contributed by atoms with Crippen LogP contribution in [0.4, 0.5) is 30.7 Å². The standard InChI is InChI=1S/C9H13F7O3S.C5H5N/c10-7(11,9(15,16)20(17,18)19)5-3-1-2-4-6-8(12,13)14;1-2-4-6-5-3-1/h1-6H2,(H,17,18,19);1-5H. The Morgan fingerprint density at radius 3 is 1.54 bits per heavy atom. The number of nitrogens with zero attached hydrogens (tertiary/aromatic N) is 1. The highest BCUT2D eigenvalue weighted by atomic mass is 32.2. The van der Waals surface area contributed by atoms with Crippen LogP contribution in [0.15, 0.2) is 30.6 Å².